The van der Waals surface area contributed by atoms with E-state index < -0.39 is 0 Å². The third-order valence-electron chi connectivity index (χ3n) is 3.73. The standard InChI is InChI=1S/C18H19ClN6O/c1-24(2)11-12-5-3-4-6-15(12)25-17(20)14(10-22-25)18(26)23-16-8-7-13(19)9-21-16/h3-10H,11,20H2,1-2H3,(H,21,23,26). The predicted molar refractivity (Wildman–Crippen MR) is 103 cm³/mol. The summed E-state index contributed by atoms with van der Waals surface area (Å²) in [6.45, 7) is 0.728. The first-order valence-electron chi connectivity index (χ1n) is 7.95. The number of halogens is 1. The Kier molecular flexibility index (Phi) is 5.20. The van der Waals surface area contributed by atoms with E-state index in [2.05, 4.69) is 20.3 Å². The van der Waals surface area contributed by atoms with Crippen molar-refractivity contribution in [3.05, 3.63) is 64.9 Å². The topological polar surface area (TPSA) is 89.1 Å². The van der Waals surface area contributed by atoms with Gasteiger partial charge in [-0.2, -0.15) is 5.10 Å². The van der Waals surface area contributed by atoms with Crippen LogP contribution in [0.5, 0.6) is 0 Å². The number of carbonyl (C=O) groups is 1. The summed E-state index contributed by atoms with van der Waals surface area (Å²) in [5, 5.41) is 7.48. The Morgan fingerprint density at radius 2 is 2.00 bits per heavy atom. The fraction of sp³-hybridized carbons (Fsp3) is 0.167. The highest BCUT2D eigenvalue weighted by atomic mass is 35.5. The van der Waals surface area contributed by atoms with Gasteiger partial charge >= 0.3 is 0 Å². The molecule has 0 unspecified atom stereocenters. The van der Waals surface area contributed by atoms with Crippen LogP contribution >= 0.6 is 11.6 Å². The molecule has 0 spiro atoms. The molecule has 0 bridgehead atoms. The number of aromatic nitrogens is 3. The highest BCUT2D eigenvalue weighted by Crippen LogP contribution is 2.22. The number of amides is 1. The van der Waals surface area contributed by atoms with Crippen LogP contribution in [0.1, 0.15) is 15.9 Å². The SMILES string of the molecule is CN(C)Cc1ccccc1-n1ncc(C(=O)Nc2ccc(Cl)cn2)c1N. The van der Waals surface area contributed by atoms with E-state index in [0.717, 1.165) is 17.8 Å². The Morgan fingerprint density at radius 1 is 1.23 bits per heavy atom. The summed E-state index contributed by atoms with van der Waals surface area (Å²) >= 11 is 5.80. The Bertz CT molecular complexity index is 920. The van der Waals surface area contributed by atoms with Crippen LogP contribution in [0.4, 0.5) is 11.6 Å². The zero-order valence-electron chi connectivity index (χ0n) is 14.5. The molecule has 3 N–H and O–H groups in total. The van der Waals surface area contributed by atoms with E-state index in [9.17, 15) is 4.79 Å². The predicted octanol–water partition coefficient (Wildman–Crippen LogP) is 2.82. The van der Waals surface area contributed by atoms with Gasteiger partial charge in [-0.1, -0.05) is 29.8 Å². The fourth-order valence-electron chi connectivity index (χ4n) is 2.55. The van der Waals surface area contributed by atoms with Gasteiger partial charge in [0.15, 0.2) is 0 Å². The number of hydrogen-bond donors (Lipinski definition) is 2. The molecule has 1 aromatic carbocycles. The molecule has 26 heavy (non-hydrogen) atoms. The van der Waals surface area contributed by atoms with Crippen molar-refractivity contribution in [1.82, 2.24) is 19.7 Å². The number of benzene rings is 1. The number of rotatable bonds is 5. The lowest BCUT2D eigenvalue weighted by Gasteiger charge is -2.15. The number of anilines is 2. The monoisotopic (exact) mass is 370 g/mol. The van der Waals surface area contributed by atoms with Gasteiger partial charge in [-0.15, -0.1) is 0 Å². The number of nitrogens with zero attached hydrogens (tertiary/aromatic N) is 4. The van der Waals surface area contributed by atoms with E-state index in [4.69, 9.17) is 17.3 Å². The molecule has 0 saturated heterocycles. The second-order valence-electron chi connectivity index (χ2n) is 6.04. The molecule has 8 heteroatoms. The maximum absolute atomic E-state index is 12.5. The normalized spacial score (nSPS) is 10.9. The van der Waals surface area contributed by atoms with Crippen molar-refractivity contribution >= 4 is 29.1 Å². The fourth-order valence-corrected chi connectivity index (χ4v) is 2.66. The molecule has 0 aliphatic rings. The van der Waals surface area contributed by atoms with Gasteiger partial charge in [0.1, 0.15) is 17.2 Å². The summed E-state index contributed by atoms with van der Waals surface area (Å²) in [5.74, 6) is 0.274. The molecule has 7 nitrogen and oxygen atoms in total. The quantitative estimate of drug-likeness (QED) is 0.720. The minimum atomic E-state index is -0.381. The first-order chi connectivity index (χ1) is 12.5. The van der Waals surface area contributed by atoms with Crippen LogP contribution in [0.2, 0.25) is 5.02 Å². The van der Waals surface area contributed by atoms with Crippen LogP contribution < -0.4 is 11.1 Å². The van der Waals surface area contributed by atoms with Gasteiger partial charge in [0.25, 0.3) is 5.91 Å². The van der Waals surface area contributed by atoms with Crippen LogP contribution in [-0.4, -0.2) is 39.7 Å². The Balaban J connectivity index is 1.88. The number of pyridine rings is 1. The van der Waals surface area contributed by atoms with Crippen molar-refractivity contribution in [1.29, 1.82) is 0 Å². The maximum Gasteiger partial charge on any atom is 0.262 e. The largest absolute Gasteiger partial charge is 0.383 e. The Labute approximate surface area is 156 Å². The Morgan fingerprint density at radius 3 is 2.69 bits per heavy atom. The molecular formula is C18H19ClN6O. The van der Waals surface area contributed by atoms with Crippen molar-refractivity contribution in [3.63, 3.8) is 0 Å². The van der Waals surface area contributed by atoms with Gasteiger partial charge in [-0.3, -0.25) is 4.79 Å². The van der Waals surface area contributed by atoms with Crippen molar-refractivity contribution in [3.8, 4) is 5.69 Å². The van der Waals surface area contributed by atoms with Gasteiger partial charge in [0.05, 0.1) is 16.9 Å². The molecule has 3 rings (SSSR count). The molecule has 0 aliphatic carbocycles. The lowest BCUT2D eigenvalue weighted by atomic mass is 10.1. The van der Waals surface area contributed by atoms with Gasteiger partial charge in [0, 0.05) is 12.7 Å². The molecule has 0 saturated carbocycles. The second kappa shape index (κ2) is 7.55. The van der Waals surface area contributed by atoms with Crippen molar-refractivity contribution in [2.45, 2.75) is 6.54 Å². The minimum absolute atomic E-state index is 0.266. The van der Waals surface area contributed by atoms with Crippen LogP contribution in [0.25, 0.3) is 5.69 Å². The van der Waals surface area contributed by atoms with E-state index in [1.807, 2.05) is 38.4 Å². The molecule has 134 valence electrons. The molecule has 2 heterocycles. The van der Waals surface area contributed by atoms with Crippen LogP contribution in [0, 0.1) is 0 Å². The highest BCUT2D eigenvalue weighted by Gasteiger charge is 2.18. The lowest BCUT2D eigenvalue weighted by molar-refractivity contribution is 0.102. The third-order valence-corrected chi connectivity index (χ3v) is 3.95. The van der Waals surface area contributed by atoms with Crippen molar-refractivity contribution in [2.75, 3.05) is 25.1 Å². The minimum Gasteiger partial charge on any atom is -0.383 e. The molecule has 0 atom stereocenters. The summed E-state index contributed by atoms with van der Waals surface area (Å²) in [6, 6.07) is 11.1. The van der Waals surface area contributed by atoms with Gasteiger partial charge in [-0.25, -0.2) is 9.67 Å². The first-order valence-corrected chi connectivity index (χ1v) is 8.33. The summed E-state index contributed by atoms with van der Waals surface area (Å²) in [4.78, 5) is 18.6. The molecule has 1 amide bonds. The molecule has 0 radical (unpaired) electrons. The Hall–Kier alpha value is -2.90. The smallest absolute Gasteiger partial charge is 0.262 e. The lowest BCUT2D eigenvalue weighted by Crippen LogP contribution is -2.16. The van der Waals surface area contributed by atoms with E-state index >= 15 is 0 Å². The number of hydrogen-bond acceptors (Lipinski definition) is 5. The second-order valence-corrected chi connectivity index (χ2v) is 6.47. The third kappa shape index (κ3) is 3.84. The molecule has 2 aromatic heterocycles. The van der Waals surface area contributed by atoms with Crippen LogP contribution in [0.3, 0.4) is 0 Å². The van der Waals surface area contributed by atoms with Gasteiger partial charge in [-0.05, 0) is 37.9 Å². The number of para-hydroxylation sites is 1. The maximum atomic E-state index is 12.5. The number of nitrogen functional groups attached to an aromatic ring is 1. The summed E-state index contributed by atoms with van der Waals surface area (Å²) in [5.41, 5.74) is 8.37. The molecule has 0 aliphatic heterocycles. The zero-order valence-corrected chi connectivity index (χ0v) is 15.2. The van der Waals surface area contributed by atoms with Crippen molar-refractivity contribution in [2.24, 2.45) is 0 Å². The van der Waals surface area contributed by atoms with E-state index in [0.29, 0.717) is 10.8 Å². The van der Waals surface area contributed by atoms with Gasteiger partial charge in [0.2, 0.25) is 0 Å². The van der Waals surface area contributed by atoms with E-state index in [1.165, 1.54) is 12.4 Å². The number of nitrogens with one attached hydrogen (secondary N) is 1. The first kappa shape index (κ1) is 17.9. The summed E-state index contributed by atoms with van der Waals surface area (Å²) < 4.78 is 1.57. The molecular weight excluding hydrogens is 352 g/mol. The van der Waals surface area contributed by atoms with E-state index in [-0.39, 0.29) is 17.3 Å². The van der Waals surface area contributed by atoms with Crippen LogP contribution in [-0.2, 0) is 6.54 Å². The van der Waals surface area contributed by atoms with Gasteiger partial charge < -0.3 is 16.0 Å². The van der Waals surface area contributed by atoms with Crippen molar-refractivity contribution < 1.29 is 4.79 Å². The van der Waals surface area contributed by atoms with E-state index in [1.54, 1.807) is 16.8 Å². The average Bonchev–Trinajstić information content (AvgIpc) is 2.98. The molecule has 0 fully saturated rings. The average molecular weight is 371 g/mol. The molecule has 3 aromatic rings. The summed E-state index contributed by atoms with van der Waals surface area (Å²) in [7, 11) is 3.97. The van der Waals surface area contributed by atoms with Crippen LogP contribution in [0.15, 0.2) is 48.8 Å². The highest BCUT2D eigenvalue weighted by molar-refractivity contribution is 6.30. The zero-order chi connectivity index (χ0) is 18.7. The summed E-state index contributed by atoms with van der Waals surface area (Å²) in [6.07, 6.45) is 2.91. The number of carbonyl (C=O) groups excluding carboxylic acids is 1. The number of nitrogens with two attached hydrogens (primary N) is 1.